The van der Waals surface area contributed by atoms with Crippen LogP contribution in [-0.2, 0) is 0 Å². The van der Waals surface area contributed by atoms with Gasteiger partial charge in [-0.1, -0.05) is 0 Å². The second-order valence-electron chi connectivity index (χ2n) is 2.71. The summed E-state index contributed by atoms with van der Waals surface area (Å²) in [5, 5.41) is 1.44. The van der Waals surface area contributed by atoms with Gasteiger partial charge in [-0.3, -0.25) is 0 Å². The number of hydrogen-bond acceptors (Lipinski definition) is 0. The number of hydrogen-bond donors (Lipinski definition) is 0. The number of halogens is 2. The molecule has 0 nitrogen and oxygen atoms in total. The summed E-state index contributed by atoms with van der Waals surface area (Å²) in [7, 11) is 4.82. The zero-order valence-electron chi connectivity index (χ0n) is 6.91. The fourth-order valence-corrected chi connectivity index (χ4v) is 1.66. The van der Waals surface area contributed by atoms with Gasteiger partial charge in [0, 0.05) is 0 Å². The predicted molar refractivity (Wildman–Crippen MR) is 54.5 cm³/mol. The van der Waals surface area contributed by atoms with Crippen molar-refractivity contribution in [2.24, 2.45) is 0 Å². The van der Waals surface area contributed by atoms with Crippen LogP contribution in [0.4, 0.5) is 8.78 Å². The molecule has 0 aromatic heterocycles. The minimum Gasteiger partial charge on any atom is -0.203 e. The van der Waals surface area contributed by atoms with Gasteiger partial charge in [0.25, 0.3) is 0 Å². The molecule has 4 heteroatoms. The van der Waals surface area contributed by atoms with Crippen molar-refractivity contribution in [3.8, 4) is 0 Å². The molecular formula is C8H10F2P2. The van der Waals surface area contributed by atoms with E-state index in [1.807, 2.05) is 0 Å². The summed E-state index contributed by atoms with van der Waals surface area (Å²) < 4.78 is 26.1. The third-order valence-corrected chi connectivity index (χ3v) is 3.77. The summed E-state index contributed by atoms with van der Waals surface area (Å²) >= 11 is 0. The third kappa shape index (κ3) is 1.39. The summed E-state index contributed by atoms with van der Waals surface area (Å²) in [6, 6.07) is 0. The van der Waals surface area contributed by atoms with Gasteiger partial charge >= 0.3 is 0 Å². The zero-order chi connectivity index (χ0) is 9.46. The monoisotopic (exact) mass is 206 g/mol. The summed E-state index contributed by atoms with van der Waals surface area (Å²) in [4.78, 5) is 0. The zero-order valence-corrected chi connectivity index (χ0v) is 9.22. The van der Waals surface area contributed by atoms with E-state index in [1.165, 1.54) is 0 Å². The maximum absolute atomic E-state index is 13.0. The highest BCUT2D eigenvalue weighted by Crippen LogP contribution is 2.15. The predicted octanol–water partition coefficient (Wildman–Crippen LogP) is 1.58. The first-order valence-electron chi connectivity index (χ1n) is 3.46. The minimum atomic E-state index is -0.747. The molecule has 0 aliphatic carbocycles. The van der Waals surface area contributed by atoms with Crippen molar-refractivity contribution in [1.29, 1.82) is 0 Å². The SMILES string of the molecule is Cc1c(F)c(F)c(C)c(P)c1P. The van der Waals surface area contributed by atoms with E-state index in [0.29, 0.717) is 11.1 Å². The molecule has 0 aliphatic heterocycles. The number of benzene rings is 1. The van der Waals surface area contributed by atoms with E-state index in [0.717, 1.165) is 10.6 Å². The molecule has 0 radical (unpaired) electrons. The van der Waals surface area contributed by atoms with Gasteiger partial charge in [-0.05, 0) is 35.6 Å². The van der Waals surface area contributed by atoms with Crippen molar-refractivity contribution in [2.75, 3.05) is 0 Å². The van der Waals surface area contributed by atoms with Crippen LogP contribution in [0.15, 0.2) is 0 Å². The molecule has 0 fully saturated rings. The van der Waals surface area contributed by atoms with Gasteiger partial charge in [-0.15, -0.1) is 18.5 Å². The quantitative estimate of drug-likeness (QED) is 0.565. The topological polar surface area (TPSA) is 0 Å². The van der Waals surface area contributed by atoms with Crippen LogP contribution in [0.5, 0.6) is 0 Å². The molecule has 0 spiro atoms. The van der Waals surface area contributed by atoms with Crippen molar-refractivity contribution in [1.82, 2.24) is 0 Å². The Kier molecular flexibility index (Phi) is 2.81. The molecule has 66 valence electrons. The second kappa shape index (κ2) is 3.36. The van der Waals surface area contributed by atoms with Gasteiger partial charge in [-0.2, -0.15) is 0 Å². The van der Waals surface area contributed by atoms with Gasteiger partial charge in [0.15, 0.2) is 11.6 Å². The van der Waals surface area contributed by atoms with Crippen LogP contribution in [0, 0.1) is 25.5 Å². The molecule has 0 N–H and O–H groups in total. The standard InChI is InChI=1S/C8H10F2P2/c1-3-5(9)6(10)4(2)8(12)7(3)11/h11-12H2,1-2H3. The van der Waals surface area contributed by atoms with E-state index in [1.54, 1.807) is 13.8 Å². The maximum atomic E-state index is 13.0. The minimum absolute atomic E-state index is 0.355. The molecule has 1 rings (SSSR count). The molecule has 2 unspecified atom stereocenters. The molecule has 0 aliphatic rings. The lowest BCUT2D eigenvalue weighted by molar-refractivity contribution is 0.500. The Morgan fingerprint density at radius 2 is 1.08 bits per heavy atom. The molecule has 0 amide bonds. The number of rotatable bonds is 0. The third-order valence-electron chi connectivity index (χ3n) is 1.95. The van der Waals surface area contributed by atoms with Gasteiger partial charge in [0.05, 0.1) is 0 Å². The van der Waals surface area contributed by atoms with Crippen LogP contribution in [0.2, 0.25) is 0 Å². The average Bonchev–Trinajstić information content (AvgIpc) is 2.08. The van der Waals surface area contributed by atoms with Crippen LogP contribution >= 0.6 is 18.5 Å². The van der Waals surface area contributed by atoms with E-state index >= 15 is 0 Å². The second-order valence-corrected chi connectivity index (χ2v) is 3.86. The largest absolute Gasteiger partial charge is 0.203 e. The molecule has 0 heterocycles. The van der Waals surface area contributed by atoms with Gasteiger partial charge in [0.2, 0.25) is 0 Å². The maximum Gasteiger partial charge on any atom is 0.162 e. The van der Waals surface area contributed by atoms with Gasteiger partial charge < -0.3 is 0 Å². The fraction of sp³-hybridized carbons (Fsp3) is 0.250. The van der Waals surface area contributed by atoms with E-state index in [-0.39, 0.29) is 0 Å². The molecular weight excluding hydrogens is 196 g/mol. The van der Waals surface area contributed by atoms with Crippen molar-refractivity contribution < 1.29 is 8.78 Å². The Morgan fingerprint density at radius 1 is 0.833 bits per heavy atom. The highest BCUT2D eigenvalue weighted by Gasteiger charge is 2.14. The molecule has 0 saturated heterocycles. The molecule has 1 aromatic rings. The highest BCUT2D eigenvalue weighted by molar-refractivity contribution is 7.36. The van der Waals surface area contributed by atoms with Crippen molar-refractivity contribution >= 4 is 29.1 Å². The lowest BCUT2D eigenvalue weighted by Gasteiger charge is -2.09. The van der Waals surface area contributed by atoms with E-state index in [9.17, 15) is 8.78 Å². The fourth-order valence-electron chi connectivity index (χ4n) is 0.970. The molecule has 0 bridgehead atoms. The van der Waals surface area contributed by atoms with Gasteiger partial charge in [0.1, 0.15) is 0 Å². The highest BCUT2D eigenvalue weighted by atomic mass is 31.0. The van der Waals surface area contributed by atoms with Crippen LogP contribution in [0.3, 0.4) is 0 Å². The Labute approximate surface area is 75.2 Å². The van der Waals surface area contributed by atoms with Crippen LogP contribution in [0.25, 0.3) is 0 Å². The molecule has 1 aromatic carbocycles. The Bertz CT molecular complexity index is 229. The van der Waals surface area contributed by atoms with Crippen LogP contribution < -0.4 is 10.6 Å². The lowest BCUT2D eigenvalue weighted by Crippen LogP contribution is -2.21. The van der Waals surface area contributed by atoms with Crippen molar-refractivity contribution in [2.45, 2.75) is 13.8 Å². The normalized spacial score (nSPS) is 10.5. The van der Waals surface area contributed by atoms with Crippen molar-refractivity contribution in [3.05, 3.63) is 22.8 Å². The van der Waals surface area contributed by atoms with Gasteiger partial charge in [-0.25, -0.2) is 8.78 Å². The summed E-state index contributed by atoms with van der Waals surface area (Å²) in [6.07, 6.45) is 0. The molecule has 2 atom stereocenters. The Balaban J connectivity index is 3.60. The van der Waals surface area contributed by atoms with Crippen LogP contribution in [-0.4, -0.2) is 0 Å². The summed E-state index contributed by atoms with van der Waals surface area (Å²) in [6.45, 7) is 3.13. The first-order valence-corrected chi connectivity index (χ1v) is 4.61. The smallest absolute Gasteiger partial charge is 0.162 e. The Hall–Kier alpha value is -0.0600. The average molecular weight is 206 g/mol. The van der Waals surface area contributed by atoms with Crippen LogP contribution in [0.1, 0.15) is 11.1 Å². The van der Waals surface area contributed by atoms with Crippen molar-refractivity contribution in [3.63, 3.8) is 0 Å². The molecule has 12 heavy (non-hydrogen) atoms. The lowest BCUT2D eigenvalue weighted by atomic mass is 10.1. The van der Waals surface area contributed by atoms with E-state index < -0.39 is 11.6 Å². The Morgan fingerprint density at radius 3 is 1.33 bits per heavy atom. The summed E-state index contributed by atoms with van der Waals surface area (Å²) in [5.41, 5.74) is 0.709. The summed E-state index contributed by atoms with van der Waals surface area (Å²) in [5.74, 6) is -1.49. The molecule has 0 saturated carbocycles. The first-order chi connectivity index (χ1) is 5.46. The van der Waals surface area contributed by atoms with E-state index in [2.05, 4.69) is 18.5 Å². The first kappa shape index (κ1) is 10.0. The van der Waals surface area contributed by atoms with E-state index in [4.69, 9.17) is 0 Å².